The van der Waals surface area contributed by atoms with Crippen LogP contribution in [0.1, 0.15) is 5.56 Å². The quantitative estimate of drug-likeness (QED) is 0.477. The lowest BCUT2D eigenvalue weighted by Gasteiger charge is -2.28. The van der Waals surface area contributed by atoms with E-state index < -0.39 is 6.03 Å². The molecule has 1 fully saturated rings. The highest BCUT2D eigenvalue weighted by molar-refractivity contribution is 6.34. The highest BCUT2D eigenvalue weighted by Gasteiger charge is 2.22. The van der Waals surface area contributed by atoms with Crippen LogP contribution in [-0.4, -0.2) is 31.7 Å². The summed E-state index contributed by atoms with van der Waals surface area (Å²) < 4.78 is 5.16. The summed E-state index contributed by atoms with van der Waals surface area (Å²) in [6, 6.07) is 21.6. The highest BCUT2D eigenvalue weighted by atomic mass is 35.5. The molecule has 4 rings (SSSR count). The van der Waals surface area contributed by atoms with Crippen LogP contribution in [0.3, 0.4) is 0 Å². The van der Waals surface area contributed by atoms with Gasteiger partial charge in [0.2, 0.25) is 0 Å². The average Bonchev–Trinajstić information content (AvgIpc) is 2.84. The van der Waals surface area contributed by atoms with Crippen LogP contribution < -0.4 is 26.4 Å². The van der Waals surface area contributed by atoms with Gasteiger partial charge < -0.3 is 20.7 Å². The Morgan fingerprint density at radius 1 is 1.06 bits per heavy atom. The maximum Gasteiger partial charge on any atom is 0.338 e. The smallest absolute Gasteiger partial charge is 0.338 e. The lowest BCUT2D eigenvalue weighted by Crippen LogP contribution is -2.42. The number of nitrogens with zero attached hydrogens (tertiary/aromatic N) is 2. The van der Waals surface area contributed by atoms with Crippen LogP contribution >= 0.6 is 11.6 Å². The molecule has 0 unspecified atom stereocenters. The molecule has 0 radical (unpaired) electrons. The molecule has 1 heterocycles. The van der Waals surface area contributed by atoms with Gasteiger partial charge >= 0.3 is 6.03 Å². The first kappa shape index (κ1) is 22.6. The maximum absolute atomic E-state index is 12.9. The first-order valence-electron chi connectivity index (χ1n) is 10.4. The average molecular weight is 466 g/mol. The topological polar surface area (TPSA) is 99.9 Å². The second kappa shape index (κ2) is 10.4. The Balaban J connectivity index is 1.51. The van der Waals surface area contributed by atoms with Gasteiger partial charge in [-0.15, -0.1) is 0 Å². The fourth-order valence-electron chi connectivity index (χ4n) is 3.51. The Morgan fingerprint density at radius 2 is 1.85 bits per heavy atom. The van der Waals surface area contributed by atoms with Crippen LogP contribution in [0.25, 0.3) is 0 Å². The second-order valence-electron chi connectivity index (χ2n) is 7.38. The van der Waals surface area contributed by atoms with Crippen molar-refractivity contribution in [2.24, 2.45) is 5.73 Å². The molecule has 1 aliphatic heterocycles. The van der Waals surface area contributed by atoms with E-state index in [0.29, 0.717) is 36.1 Å². The number of para-hydroxylation sites is 1. The maximum atomic E-state index is 12.9. The van der Waals surface area contributed by atoms with Crippen molar-refractivity contribution in [3.8, 4) is 0 Å². The van der Waals surface area contributed by atoms with Crippen molar-refractivity contribution in [3.63, 3.8) is 0 Å². The van der Waals surface area contributed by atoms with Crippen LogP contribution in [-0.2, 0) is 16.1 Å². The Morgan fingerprint density at radius 3 is 2.58 bits per heavy atom. The van der Waals surface area contributed by atoms with E-state index in [1.807, 2.05) is 54.6 Å². The highest BCUT2D eigenvalue weighted by Crippen LogP contribution is 2.30. The number of nitrogens with two attached hydrogens (primary N) is 1. The molecular weight excluding hydrogens is 442 g/mol. The molecule has 0 bridgehead atoms. The fraction of sp³-hybridized carbons (Fsp3) is 0.167. The van der Waals surface area contributed by atoms with E-state index in [9.17, 15) is 9.59 Å². The molecule has 9 heteroatoms. The van der Waals surface area contributed by atoms with E-state index in [2.05, 4.69) is 10.7 Å². The van der Waals surface area contributed by atoms with Crippen molar-refractivity contribution in [1.82, 2.24) is 5.43 Å². The van der Waals surface area contributed by atoms with Gasteiger partial charge in [-0.2, -0.15) is 0 Å². The summed E-state index contributed by atoms with van der Waals surface area (Å²) in [7, 11) is 0. The molecule has 3 aromatic carbocycles. The molecule has 170 valence electrons. The number of urea groups is 1. The third-order valence-corrected chi connectivity index (χ3v) is 5.42. The minimum atomic E-state index is -0.455. The van der Waals surface area contributed by atoms with Gasteiger partial charge in [-0.3, -0.25) is 9.80 Å². The summed E-state index contributed by atoms with van der Waals surface area (Å²) in [6.07, 6.45) is 0. The monoisotopic (exact) mass is 465 g/mol. The number of ether oxygens (including phenoxy) is 1. The minimum absolute atomic E-state index is 0.0272. The molecule has 33 heavy (non-hydrogen) atoms. The second-order valence-corrected chi connectivity index (χ2v) is 7.78. The zero-order valence-corrected chi connectivity index (χ0v) is 18.6. The van der Waals surface area contributed by atoms with E-state index in [1.54, 1.807) is 28.1 Å². The Labute approximate surface area is 196 Å². The number of hydrazine groups is 1. The van der Waals surface area contributed by atoms with Crippen LogP contribution in [0.2, 0.25) is 5.02 Å². The van der Waals surface area contributed by atoms with Crippen molar-refractivity contribution in [2.45, 2.75) is 6.54 Å². The van der Waals surface area contributed by atoms with E-state index in [4.69, 9.17) is 22.1 Å². The van der Waals surface area contributed by atoms with Crippen molar-refractivity contribution in [2.75, 3.05) is 35.0 Å². The molecule has 0 aliphatic carbocycles. The molecule has 4 N–H and O–H groups in total. The molecule has 0 saturated carbocycles. The summed E-state index contributed by atoms with van der Waals surface area (Å²) >= 11 is 6.41. The number of nitrogens with one attached hydrogen (secondary N) is 2. The summed E-state index contributed by atoms with van der Waals surface area (Å²) in [5.74, 6) is -0.153. The number of halogens is 1. The number of hydrogen-bond donors (Lipinski definition) is 3. The lowest BCUT2D eigenvalue weighted by molar-refractivity contribution is -0.125. The summed E-state index contributed by atoms with van der Waals surface area (Å²) in [5.41, 5.74) is 12.2. The van der Waals surface area contributed by atoms with Crippen LogP contribution in [0, 0.1) is 0 Å². The largest absolute Gasteiger partial charge is 0.370 e. The number of carbonyl (C=O) groups excluding carboxylic acids is 2. The normalized spacial score (nSPS) is 13.5. The third kappa shape index (κ3) is 5.43. The van der Waals surface area contributed by atoms with Gasteiger partial charge in [-0.1, -0.05) is 41.9 Å². The zero-order chi connectivity index (χ0) is 23.2. The summed E-state index contributed by atoms with van der Waals surface area (Å²) in [6.45, 7) is 1.30. The lowest BCUT2D eigenvalue weighted by atomic mass is 10.2. The molecule has 1 saturated heterocycles. The van der Waals surface area contributed by atoms with Crippen LogP contribution in [0.5, 0.6) is 0 Å². The molecule has 3 aromatic rings. The van der Waals surface area contributed by atoms with Crippen LogP contribution in [0.4, 0.5) is 27.5 Å². The van der Waals surface area contributed by atoms with Gasteiger partial charge in [0.05, 0.1) is 28.7 Å². The first-order chi connectivity index (χ1) is 16.0. The third-order valence-electron chi connectivity index (χ3n) is 5.11. The SMILES string of the molecule is NCc1cccc(N(NC(=O)Nc2ccc(N3CCOCC3=O)c(Cl)c2)c2ccccc2)c1. The zero-order valence-electron chi connectivity index (χ0n) is 17.8. The predicted molar refractivity (Wildman–Crippen MR) is 130 cm³/mol. The number of hydrogen-bond acceptors (Lipinski definition) is 5. The Hall–Kier alpha value is -3.59. The molecule has 3 amide bonds. The van der Waals surface area contributed by atoms with Crippen molar-refractivity contribution in [3.05, 3.63) is 83.4 Å². The van der Waals surface area contributed by atoms with Crippen molar-refractivity contribution in [1.29, 1.82) is 0 Å². The summed E-state index contributed by atoms with van der Waals surface area (Å²) in [4.78, 5) is 26.5. The first-order valence-corrected chi connectivity index (χ1v) is 10.8. The standard InChI is InChI=1S/C24H24ClN5O3/c25-21-14-18(9-10-22(21)29-11-12-33-16-23(29)31)27-24(32)28-30(19-6-2-1-3-7-19)20-8-4-5-17(13-20)15-26/h1-10,13-14H,11-12,15-16,26H2,(H2,27,28,32). The van der Waals surface area contributed by atoms with Gasteiger partial charge in [-0.25, -0.2) is 10.2 Å². The number of amides is 3. The van der Waals surface area contributed by atoms with E-state index >= 15 is 0 Å². The van der Waals surface area contributed by atoms with Crippen molar-refractivity contribution < 1.29 is 14.3 Å². The number of carbonyl (C=O) groups is 2. The van der Waals surface area contributed by atoms with Crippen molar-refractivity contribution >= 4 is 46.3 Å². The number of anilines is 4. The Kier molecular flexibility index (Phi) is 7.09. The van der Waals surface area contributed by atoms with E-state index in [-0.39, 0.29) is 12.5 Å². The van der Waals surface area contributed by atoms with Gasteiger partial charge in [0.1, 0.15) is 6.61 Å². The number of morpholine rings is 1. The van der Waals surface area contributed by atoms with Gasteiger partial charge in [0.15, 0.2) is 0 Å². The van der Waals surface area contributed by atoms with E-state index in [0.717, 1.165) is 16.9 Å². The molecule has 1 aliphatic rings. The van der Waals surface area contributed by atoms with E-state index in [1.165, 1.54) is 0 Å². The minimum Gasteiger partial charge on any atom is -0.370 e. The van der Waals surface area contributed by atoms with Crippen LogP contribution in [0.15, 0.2) is 72.8 Å². The molecule has 0 aromatic heterocycles. The predicted octanol–water partition coefficient (Wildman–Crippen LogP) is 4.04. The van der Waals surface area contributed by atoms with Gasteiger partial charge in [-0.05, 0) is 48.0 Å². The summed E-state index contributed by atoms with van der Waals surface area (Å²) in [5, 5.41) is 4.83. The number of benzene rings is 3. The van der Waals surface area contributed by atoms with Gasteiger partial charge in [0.25, 0.3) is 5.91 Å². The molecule has 0 atom stereocenters. The number of rotatable bonds is 6. The van der Waals surface area contributed by atoms with Gasteiger partial charge in [0, 0.05) is 18.8 Å². The molecule has 0 spiro atoms. The Bertz CT molecular complexity index is 1140. The fourth-order valence-corrected chi connectivity index (χ4v) is 3.80. The molecular formula is C24H24ClN5O3. The molecule has 8 nitrogen and oxygen atoms in total.